The predicted molar refractivity (Wildman–Crippen MR) is 111 cm³/mol. The Morgan fingerprint density at radius 2 is 1.93 bits per heavy atom. The molecule has 5 nitrogen and oxygen atoms in total. The van der Waals surface area contributed by atoms with Crippen LogP contribution in [0.1, 0.15) is 32.9 Å². The number of amides is 1. The van der Waals surface area contributed by atoms with Gasteiger partial charge in [0.25, 0.3) is 5.91 Å². The molecule has 0 radical (unpaired) electrons. The maximum atomic E-state index is 12.0. The molecule has 1 amide bonds. The summed E-state index contributed by atoms with van der Waals surface area (Å²) in [5, 5.41) is 17.1. The lowest BCUT2D eigenvalue weighted by Gasteiger charge is -2.09. The van der Waals surface area contributed by atoms with Crippen molar-refractivity contribution in [3.8, 4) is 17.2 Å². The zero-order chi connectivity index (χ0) is 20.4. The van der Waals surface area contributed by atoms with Gasteiger partial charge in [0, 0.05) is 18.3 Å². The molecule has 2 aromatic carbocycles. The van der Waals surface area contributed by atoms with Gasteiger partial charge in [-0.3, -0.25) is 9.48 Å². The van der Waals surface area contributed by atoms with Gasteiger partial charge >= 0.3 is 0 Å². The zero-order valence-electron chi connectivity index (χ0n) is 15.7. The number of aromatic nitrogens is 2. The van der Waals surface area contributed by atoms with Crippen LogP contribution in [-0.2, 0) is 6.54 Å². The van der Waals surface area contributed by atoms with Crippen molar-refractivity contribution in [2.24, 2.45) is 0 Å². The molecule has 0 bridgehead atoms. The summed E-state index contributed by atoms with van der Waals surface area (Å²) in [5.41, 5.74) is 5.50. The van der Waals surface area contributed by atoms with Crippen LogP contribution in [0, 0.1) is 25.2 Å². The summed E-state index contributed by atoms with van der Waals surface area (Å²) in [4.78, 5) is 12.0. The van der Waals surface area contributed by atoms with E-state index >= 15 is 0 Å². The van der Waals surface area contributed by atoms with Crippen molar-refractivity contribution in [3.05, 3.63) is 74.5 Å². The predicted octanol–water partition coefficient (Wildman–Crippen LogP) is 4.75. The van der Waals surface area contributed by atoms with Gasteiger partial charge in [-0.25, -0.2) is 0 Å². The van der Waals surface area contributed by atoms with Crippen LogP contribution >= 0.6 is 23.2 Å². The number of hydrogen-bond donors (Lipinski definition) is 1. The van der Waals surface area contributed by atoms with Crippen molar-refractivity contribution in [1.82, 2.24) is 15.1 Å². The Morgan fingerprint density at radius 1 is 1.18 bits per heavy atom. The van der Waals surface area contributed by atoms with Crippen molar-refractivity contribution >= 4 is 29.1 Å². The number of benzene rings is 2. The molecule has 1 heterocycles. The molecule has 0 unspecified atom stereocenters. The molecule has 3 rings (SSSR count). The van der Waals surface area contributed by atoms with E-state index in [1.165, 1.54) is 0 Å². The van der Waals surface area contributed by atoms with E-state index in [-0.39, 0.29) is 5.91 Å². The Hall–Kier alpha value is -2.81. The van der Waals surface area contributed by atoms with E-state index in [2.05, 4.69) is 16.5 Å². The topological polar surface area (TPSA) is 70.7 Å². The van der Waals surface area contributed by atoms with Gasteiger partial charge in [-0.05, 0) is 49.2 Å². The third-order valence-corrected chi connectivity index (χ3v) is 5.24. The summed E-state index contributed by atoms with van der Waals surface area (Å²) in [7, 11) is 1.57. The highest BCUT2D eigenvalue weighted by Crippen LogP contribution is 2.31. The zero-order valence-corrected chi connectivity index (χ0v) is 17.2. The van der Waals surface area contributed by atoms with Crippen LogP contribution in [0.4, 0.5) is 0 Å². The number of rotatable bonds is 4. The summed E-state index contributed by atoms with van der Waals surface area (Å²) < 4.78 is 1.88. The minimum atomic E-state index is -0.229. The van der Waals surface area contributed by atoms with E-state index < -0.39 is 0 Å². The molecule has 0 fully saturated rings. The first-order chi connectivity index (χ1) is 13.3. The van der Waals surface area contributed by atoms with Gasteiger partial charge < -0.3 is 5.32 Å². The summed E-state index contributed by atoms with van der Waals surface area (Å²) in [5.74, 6) is -0.229. The van der Waals surface area contributed by atoms with E-state index in [0.717, 1.165) is 28.1 Å². The fraction of sp³-hybridized carbons (Fsp3) is 0.190. The highest BCUT2D eigenvalue weighted by atomic mass is 35.5. The highest BCUT2D eigenvalue weighted by molar-refractivity contribution is 6.33. The maximum Gasteiger partial charge on any atom is 0.252 e. The molecule has 0 saturated heterocycles. The fourth-order valence-electron chi connectivity index (χ4n) is 3.18. The number of nitrogens with zero attached hydrogens (tertiary/aromatic N) is 3. The monoisotopic (exact) mass is 412 g/mol. The summed E-state index contributed by atoms with van der Waals surface area (Å²) in [6.45, 7) is 4.41. The molecular weight excluding hydrogens is 395 g/mol. The van der Waals surface area contributed by atoms with E-state index in [0.29, 0.717) is 27.7 Å². The van der Waals surface area contributed by atoms with E-state index in [1.54, 1.807) is 31.3 Å². The third-order valence-electron chi connectivity index (χ3n) is 4.59. The fourth-order valence-corrected chi connectivity index (χ4v) is 3.61. The SMILES string of the molecule is CNC(=O)c1cc(Cn2nc(C)c(-c3ccc(C#N)c(Cl)c3)c2C)ccc1Cl. The van der Waals surface area contributed by atoms with Crippen molar-refractivity contribution in [1.29, 1.82) is 5.26 Å². The number of carbonyl (C=O) groups excluding carboxylic acids is 1. The Morgan fingerprint density at radius 3 is 2.57 bits per heavy atom. The third kappa shape index (κ3) is 3.75. The Kier molecular flexibility index (Phi) is 5.73. The van der Waals surface area contributed by atoms with Gasteiger partial charge in [0.1, 0.15) is 6.07 Å². The van der Waals surface area contributed by atoms with Gasteiger partial charge in [-0.1, -0.05) is 35.3 Å². The second kappa shape index (κ2) is 8.05. The minimum absolute atomic E-state index is 0.229. The number of halogens is 2. The lowest BCUT2D eigenvalue weighted by molar-refractivity contribution is 0.0963. The Bertz CT molecular complexity index is 1110. The number of nitrogens with one attached hydrogen (secondary N) is 1. The van der Waals surface area contributed by atoms with Crippen molar-refractivity contribution in [3.63, 3.8) is 0 Å². The molecule has 0 saturated carbocycles. The molecule has 1 N–H and O–H groups in total. The molecule has 0 aliphatic carbocycles. The molecule has 0 aliphatic rings. The van der Waals surface area contributed by atoms with Crippen molar-refractivity contribution in [2.75, 3.05) is 7.05 Å². The number of aryl methyl sites for hydroxylation is 1. The van der Waals surface area contributed by atoms with Gasteiger partial charge in [0.15, 0.2) is 0 Å². The molecule has 142 valence electrons. The van der Waals surface area contributed by atoms with Gasteiger partial charge in [0.05, 0.1) is 33.4 Å². The van der Waals surface area contributed by atoms with Crippen molar-refractivity contribution < 1.29 is 4.79 Å². The van der Waals surface area contributed by atoms with Gasteiger partial charge in [0.2, 0.25) is 0 Å². The lowest BCUT2D eigenvalue weighted by Crippen LogP contribution is -2.18. The Balaban J connectivity index is 1.98. The van der Waals surface area contributed by atoms with Crippen LogP contribution < -0.4 is 5.32 Å². The molecule has 1 aromatic heterocycles. The van der Waals surface area contributed by atoms with Crippen LogP contribution in [0.3, 0.4) is 0 Å². The van der Waals surface area contributed by atoms with E-state index in [1.807, 2.05) is 30.7 Å². The summed E-state index contributed by atoms with van der Waals surface area (Å²) >= 11 is 12.3. The standard InChI is InChI=1S/C21H18Cl2N4O/c1-12-20(15-5-6-16(10-24)19(23)9-15)13(2)27(26-12)11-14-4-7-18(22)17(8-14)21(28)25-3/h4-9H,11H2,1-3H3,(H,25,28). The molecule has 7 heteroatoms. The summed E-state index contributed by atoms with van der Waals surface area (Å²) in [6.07, 6.45) is 0. The second-order valence-corrected chi connectivity index (χ2v) is 7.22. The molecular formula is C21H18Cl2N4O. The van der Waals surface area contributed by atoms with Crippen LogP contribution in [0.15, 0.2) is 36.4 Å². The quantitative estimate of drug-likeness (QED) is 0.671. The average Bonchev–Trinajstić information content (AvgIpc) is 2.95. The number of hydrogen-bond acceptors (Lipinski definition) is 3. The van der Waals surface area contributed by atoms with E-state index in [4.69, 9.17) is 28.5 Å². The summed E-state index contributed by atoms with van der Waals surface area (Å²) in [6, 6.07) is 12.8. The van der Waals surface area contributed by atoms with Crippen LogP contribution in [0.25, 0.3) is 11.1 Å². The van der Waals surface area contributed by atoms with Crippen LogP contribution in [0.5, 0.6) is 0 Å². The van der Waals surface area contributed by atoms with Crippen LogP contribution in [-0.4, -0.2) is 22.7 Å². The van der Waals surface area contributed by atoms with Crippen molar-refractivity contribution in [2.45, 2.75) is 20.4 Å². The maximum absolute atomic E-state index is 12.0. The first-order valence-corrected chi connectivity index (χ1v) is 9.35. The normalized spacial score (nSPS) is 10.6. The average molecular weight is 413 g/mol. The number of nitriles is 1. The minimum Gasteiger partial charge on any atom is -0.355 e. The van der Waals surface area contributed by atoms with E-state index in [9.17, 15) is 4.79 Å². The lowest BCUT2D eigenvalue weighted by atomic mass is 10.0. The Labute approximate surface area is 173 Å². The molecule has 28 heavy (non-hydrogen) atoms. The molecule has 0 aliphatic heterocycles. The largest absolute Gasteiger partial charge is 0.355 e. The smallest absolute Gasteiger partial charge is 0.252 e. The first-order valence-electron chi connectivity index (χ1n) is 8.60. The number of carbonyl (C=O) groups is 1. The molecule has 3 aromatic rings. The van der Waals surface area contributed by atoms with Gasteiger partial charge in [-0.15, -0.1) is 0 Å². The first kappa shape index (κ1) is 19.9. The molecule has 0 atom stereocenters. The van der Waals surface area contributed by atoms with Gasteiger partial charge in [-0.2, -0.15) is 10.4 Å². The highest BCUT2D eigenvalue weighted by Gasteiger charge is 2.16. The second-order valence-electron chi connectivity index (χ2n) is 6.40. The molecule has 0 spiro atoms. The van der Waals surface area contributed by atoms with Crippen LogP contribution in [0.2, 0.25) is 10.0 Å².